The molecule has 0 saturated heterocycles. The molecule has 0 rings (SSSR count). The van der Waals surface area contributed by atoms with Gasteiger partial charge in [-0.2, -0.15) is 0 Å². The molecular formula is CHNSeZn. The molecule has 0 aliphatic rings. The molecule has 0 aromatic heterocycles. The molecule has 0 radical (unpaired) electrons. The first kappa shape index (κ1) is 8.82. The molecule has 0 spiro atoms. The molecule has 0 aliphatic heterocycles. The molecule has 3 heteroatoms. The number of rotatable bonds is 0. The minimum absolute atomic E-state index is 0. The van der Waals surface area contributed by atoms with Gasteiger partial charge < -0.3 is 0 Å². The predicted octanol–water partition coefficient (Wildman–Crippen LogP) is -0.634. The van der Waals surface area contributed by atoms with Gasteiger partial charge in [0.1, 0.15) is 0 Å². The summed E-state index contributed by atoms with van der Waals surface area (Å²) in [4.78, 5) is 1.69. The second-order valence-corrected chi connectivity index (χ2v) is 0.520. The molecule has 0 amide bonds. The van der Waals surface area contributed by atoms with Gasteiger partial charge in [0.05, 0.1) is 0 Å². The van der Waals surface area contributed by atoms with Crippen LogP contribution in [0.5, 0.6) is 0 Å². The molecular weight excluding hydrogens is 170 g/mol. The number of nitrogens with zero attached hydrogens (tertiary/aromatic N) is 1. The summed E-state index contributed by atoms with van der Waals surface area (Å²) >= 11 is 1.77. The van der Waals surface area contributed by atoms with Gasteiger partial charge in [-0.3, -0.25) is 0 Å². The minimum atomic E-state index is 0. The molecule has 1 nitrogen and oxygen atoms in total. The molecule has 0 saturated carbocycles. The van der Waals surface area contributed by atoms with E-state index in [0.29, 0.717) is 0 Å². The Balaban J connectivity index is 0. The van der Waals surface area contributed by atoms with Crippen LogP contribution in [0.4, 0.5) is 0 Å². The Hall–Kier alpha value is 0.633. The second kappa shape index (κ2) is 9.45. The molecule has 0 unspecified atom stereocenters. The number of nitriles is 1. The van der Waals surface area contributed by atoms with E-state index in [4.69, 9.17) is 5.26 Å². The summed E-state index contributed by atoms with van der Waals surface area (Å²) in [5.41, 5.74) is 0. The molecule has 0 atom stereocenters. The standard InChI is InChI=1S/CHNSe.Zn/c2-1-3;/h3H;. The molecule has 18 valence electrons. The topological polar surface area (TPSA) is 23.8 Å². The zero-order chi connectivity index (χ0) is 2.71. The van der Waals surface area contributed by atoms with Gasteiger partial charge >= 0.3 is 26.2 Å². The van der Waals surface area contributed by atoms with Gasteiger partial charge in [-0.05, 0) is 0 Å². The fraction of sp³-hybridized carbons (Fsp3) is 0. The molecule has 4 heavy (non-hydrogen) atoms. The molecule has 0 aromatic rings. The van der Waals surface area contributed by atoms with E-state index >= 15 is 0 Å². The third kappa shape index (κ3) is 17.5. The van der Waals surface area contributed by atoms with Crippen LogP contribution in [0.1, 0.15) is 0 Å². The largest absolute Gasteiger partial charge is 0 e. The Labute approximate surface area is 46.0 Å². The van der Waals surface area contributed by atoms with Crippen LogP contribution < -0.4 is 0 Å². The maximum Gasteiger partial charge on any atom is 0 e. The van der Waals surface area contributed by atoms with Gasteiger partial charge in [0, 0.05) is 19.5 Å². The van der Waals surface area contributed by atoms with Crippen LogP contribution in [0, 0.1) is 10.2 Å². The van der Waals surface area contributed by atoms with Gasteiger partial charge in [-0.1, -0.05) is 0 Å². The fourth-order valence-corrected chi connectivity index (χ4v) is 0. The maximum atomic E-state index is 7.29. The van der Waals surface area contributed by atoms with Crippen LogP contribution in [0.15, 0.2) is 0 Å². The monoisotopic (exact) mass is 171 g/mol. The number of hydrogen-bond donors (Lipinski definition) is 0. The average molecular weight is 171 g/mol. The van der Waals surface area contributed by atoms with Crippen LogP contribution in [-0.4, -0.2) is 16.0 Å². The molecule has 0 N–H and O–H groups in total. The van der Waals surface area contributed by atoms with Crippen LogP contribution in [0.25, 0.3) is 0 Å². The van der Waals surface area contributed by atoms with Crippen molar-refractivity contribution in [3.05, 3.63) is 0 Å². The molecule has 0 bridgehead atoms. The summed E-state index contributed by atoms with van der Waals surface area (Å²) in [6.07, 6.45) is 0. The normalized spacial score (nSPS) is 2.00. The first-order valence-corrected chi connectivity index (χ1v) is 1.39. The maximum absolute atomic E-state index is 7.29. The molecule has 0 aliphatic carbocycles. The Morgan fingerprint density at radius 1 is 1.75 bits per heavy atom. The Morgan fingerprint density at radius 3 is 1.75 bits per heavy atom. The van der Waals surface area contributed by atoms with Gasteiger partial charge in [0.15, 0.2) is 0 Å². The van der Waals surface area contributed by atoms with E-state index in [2.05, 4.69) is 0 Å². The van der Waals surface area contributed by atoms with Crippen molar-refractivity contribution in [1.29, 1.82) is 5.26 Å². The summed E-state index contributed by atoms with van der Waals surface area (Å²) in [7, 11) is 0. The van der Waals surface area contributed by atoms with E-state index in [1.165, 1.54) is 0 Å². The van der Waals surface area contributed by atoms with E-state index in [1.54, 1.807) is 21.0 Å². The van der Waals surface area contributed by atoms with Crippen LogP contribution in [0.3, 0.4) is 0 Å². The summed E-state index contributed by atoms with van der Waals surface area (Å²) < 4.78 is 0. The van der Waals surface area contributed by atoms with Gasteiger partial charge in [0.2, 0.25) is 0 Å². The SMILES string of the molecule is N#C[SeH].[Zn]. The van der Waals surface area contributed by atoms with E-state index in [0.717, 1.165) is 0 Å². The van der Waals surface area contributed by atoms with Crippen molar-refractivity contribution in [2.45, 2.75) is 0 Å². The number of hydrogen-bond acceptors (Lipinski definition) is 1. The third-order valence-electron chi connectivity index (χ3n) is 0. The molecule has 0 aromatic carbocycles. The van der Waals surface area contributed by atoms with Gasteiger partial charge in [-0.15, -0.1) is 0 Å². The molecule has 0 heterocycles. The van der Waals surface area contributed by atoms with Crippen molar-refractivity contribution in [2.75, 3.05) is 0 Å². The van der Waals surface area contributed by atoms with Crippen molar-refractivity contribution < 1.29 is 19.5 Å². The third-order valence-corrected chi connectivity index (χ3v) is 0. The fourth-order valence-electron chi connectivity index (χ4n) is 0. The first-order valence-electron chi connectivity index (χ1n) is 0.447. The van der Waals surface area contributed by atoms with Crippen molar-refractivity contribution >= 4 is 16.0 Å². The van der Waals surface area contributed by atoms with Crippen LogP contribution >= 0.6 is 0 Å². The first-order chi connectivity index (χ1) is 1.41. The van der Waals surface area contributed by atoms with E-state index in [1.807, 2.05) is 0 Å². The summed E-state index contributed by atoms with van der Waals surface area (Å²) in [6, 6.07) is 0. The van der Waals surface area contributed by atoms with Crippen molar-refractivity contribution in [3.63, 3.8) is 0 Å². The van der Waals surface area contributed by atoms with Crippen molar-refractivity contribution in [2.24, 2.45) is 0 Å². The van der Waals surface area contributed by atoms with E-state index < -0.39 is 0 Å². The second-order valence-electron chi connectivity index (χ2n) is 0.100. The zero-order valence-electron chi connectivity index (χ0n) is 2.10. The van der Waals surface area contributed by atoms with Crippen molar-refractivity contribution in [1.82, 2.24) is 0 Å². The van der Waals surface area contributed by atoms with Crippen LogP contribution in [-0.2, 0) is 19.5 Å². The molecule has 0 fully saturated rings. The van der Waals surface area contributed by atoms with Crippen LogP contribution in [0.2, 0.25) is 0 Å². The minimum Gasteiger partial charge on any atom is 0 e. The predicted molar refractivity (Wildman–Crippen MR) is 12.8 cm³/mol. The summed E-state index contributed by atoms with van der Waals surface area (Å²) in [5, 5.41) is 7.29. The quantitative estimate of drug-likeness (QED) is 0.445. The zero-order valence-corrected chi connectivity index (χ0v) is 6.95. The Morgan fingerprint density at radius 2 is 1.75 bits per heavy atom. The Bertz CT molecular complexity index is 29.5. The van der Waals surface area contributed by atoms with Gasteiger partial charge in [-0.25, -0.2) is 0 Å². The average Bonchev–Trinajstić information content (AvgIpc) is 0.918. The van der Waals surface area contributed by atoms with Gasteiger partial charge in [0.25, 0.3) is 0 Å². The van der Waals surface area contributed by atoms with E-state index in [9.17, 15) is 0 Å². The summed E-state index contributed by atoms with van der Waals surface area (Å²) in [5.74, 6) is 0. The Kier molecular flexibility index (Phi) is 20.8. The smallest absolute Gasteiger partial charge is 0 e. The van der Waals surface area contributed by atoms with E-state index in [-0.39, 0.29) is 19.5 Å². The summed E-state index contributed by atoms with van der Waals surface area (Å²) in [6.45, 7) is 0. The van der Waals surface area contributed by atoms with Crippen molar-refractivity contribution in [3.8, 4) is 4.97 Å².